The van der Waals surface area contributed by atoms with E-state index < -0.39 is 74.8 Å². The van der Waals surface area contributed by atoms with Crippen LogP contribution in [0.4, 0.5) is 49.1 Å². The van der Waals surface area contributed by atoms with E-state index in [9.17, 15) is 19.2 Å². The van der Waals surface area contributed by atoms with Crippen LogP contribution < -0.4 is 29.1 Å². The molecule has 316 valence electrons. The van der Waals surface area contributed by atoms with Gasteiger partial charge < -0.3 is 19.3 Å². The quantitative estimate of drug-likeness (QED) is 0.121. The number of anilines is 4. The number of para-hydroxylation sites is 2. The highest BCUT2D eigenvalue weighted by molar-refractivity contribution is 6.35. The molecular weight excluding hydrogens is 831 g/mol. The number of ether oxygens (including phenoxy) is 2. The first kappa shape index (κ1) is 39.5. The van der Waals surface area contributed by atoms with Gasteiger partial charge in [-0.15, -0.1) is 0 Å². The molecule has 0 saturated heterocycles. The summed E-state index contributed by atoms with van der Waals surface area (Å²) >= 11 is 0. The second-order valence-corrected chi connectivity index (χ2v) is 15.4. The summed E-state index contributed by atoms with van der Waals surface area (Å²) in [5.41, 5.74) is -6.98. The van der Waals surface area contributed by atoms with Crippen LogP contribution in [0.2, 0.25) is 0 Å². The van der Waals surface area contributed by atoms with Gasteiger partial charge in [0.05, 0.1) is 33.6 Å². The van der Waals surface area contributed by atoms with Gasteiger partial charge in [0.1, 0.15) is 11.5 Å². The largest absolute Gasteiger partial charge is 0.473 e. The molecule has 0 bridgehead atoms. The predicted octanol–water partition coefficient (Wildman–Crippen LogP) is 9.41. The molecule has 6 aromatic rings. The zero-order valence-electron chi connectivity index (χ0n) is 32.5. The Morgan fingerprint density at radius 3 is 1.17 bits per heavy atom. The van der Waals surface area contributed by atoms with E-state index >= 15 is 26.3 Å². The fourth-order valence-electron chi connectivity index (χ4n) is 8.74. The maximum atomic E-state index is 15.5. The van der Waals surface area contributed by atoms with Gasteiger partial charge in [0.25, 0.3) is 23.6 Å². The van der Waals surface area contributed by atoms with Gasteiger partial charge in [-0.25, -0.2) is 9.80 Å². The molecule has 4 heterocycles. The molecule has 6 aromatic carbocycles. The number of rotatable bonds is 6. The third kappa shape index (κ3) is 6.10. The SMILES string of the molecule is O=C1c2ccc(C(c3ccc4c(c3)C(=O)N(c3ccc5c(c3)CN(c3ccccc3)CO5)C4=O)(C(F)(F)F)C(F)(F)F)cc2C(=O)N1c1ccc2c(c1)CN(c1ccccc1)CO2. The second kappa shape index (κ2) is 14.2. The number of nitrogens with zero attached hydrogens (tertiary/aromatic N) is 4. The van der Waals surface area contributed by atoms with Crippen LogP contribution in [0.15, 0.2) is 133 Å². The lowest BCUT2D eigenvalue weighted by Gasteiger charge is -2.38. The van der Waals surface area contributed by atoms with Crippen molar-refractivity contribution in [3.8, 4) is 11.5 Å². The topological polar surface area (TPSA) is 99.7 Å². The van der Waals surface area contributed by atoms with Crippen molar-refractivity contribution in [2.45, 2.75) is 30.9 Å². The standard InChI is InChI=1S/C47H30F6N4O6/c48-46(49,50)45(47(51,52)53,29-11-15-35-37(21-29)43(60)56(41(35)58)33-13-17-39-27(19-33)23-54(25-62-39)31-7-3-1-4-8-31)30-12-16-36-38(22-30)44(61)57(42(36)59)34-14-18-40-28(20-34)24-55(26-63-40)32-9-5-2-6-10-32/h1-22H,23-26H2. The molecular formula is C47H30F6N4O6. The average Bonchev–Trinajstić information content (AvgIpc) is 3.68. The Kier molecular flexibility index (Phi) is 8.92. The molecule has 0 atom stereocenters. The molecule has 0 fully saturated rings. The number of carbonyl (C=O) groups is 4. The number of benzene rings is 6. The van der Waals surface area contributed by atoms with E-state index in [1.54, 1.807) is 0 Å². The smallest absolute Gasteiger partial charge is 0.411 e. The van der Waals surface area contributed by atoms with Crippen molar-refractivity contribution in [2.24, 2.45) is 0 Å². The first-order valence-electron chi connectivity index (χ1n) is 19.5. The first-order chi connectivity index (χ1) is 30.2. The van der Waals surface area contributed by atoms with E-state index in [-0.39, 0.29) is 24.8 Å². The van der Waals surface area contributed by atoms with Crippen molar-refractivity contribution < 1.29 is 55.0 Å². The van der Waals surface area contributed by atoms with E-state index in [1.165, 1.54) is 36.4 Å². The number of amides is 4. The number of hydrogen-bond donors (Lipinski definition) is 0. The van der Waals surface area contributed by atoms with Crippen LogP contribution in [-0.2, 0) is 18.5 Å². The Bertz CT molecular complexity index is 2710. The zero-order valence-corrected chi connectivity index (χ0v) is 32.5. The fraction of sp³-hybridized carbons (Fsp3) is 0.149. The number of carbonyl (C=O) groups excluding carboxylic acids is 4. The summed E-state index contributed by atoms with van der Waals surface area (Å²) in [6.45, 7) is 1.03. The Morgan fingerprint density at radius 1 is 0.413 bits per heavy atom. The Labute approximate surface area is 354 Å². The number of halogens is 6. The molecule has 0 saturated carbocycles. The third-order valence-corrected chi connectivity index (χ3v) is 11.8. The van der Waals surface area contributed by atoms with E-state index in [0.717, 1.165) is 23.5 Å². The van der Waals surface area contributed by atoms with Gasteiger partial charge in [-0.1, -0.05) is 48.5 Å². The lowest BCUT2D eigenvalue weighted by molar-refractivity contribution is -0.288. The lowest BCUT2D eigenvalue weighted by atomic mass is 9.71. The minimum atomic E-state index is -6.13. The van der Waals surface area contributed by atoms with Crippen molar-refractivity contribution >= 4 is 46.4 Å². The molecule has 0 radical (unpaired) electrons. The highest BCUT2D eigenvalue weighted by Gasteiger charge is 2.73. The van der Waals surface area contributed by atoms with E-state index in [1.807, 2.05) is 70.5 Å². The minimum absolute atomic E-state index is 0.0317. The summed E-state index contributed by atoms with van der Waals surface area (Å²) < 4.78 is 105. The molecule has 0 unspecified atom stereocenters. The third-order valence-electron chi connectivity index (χ3n) is 11.8. The van der Waals surface area contributed by atoms with Crippen molar-refractivity contribution in [1.82, 2.24) is 0 Å². The molecule has 4 aliphatic heterocycles. The zero-order chi connectivity index (χ0) is 44.0. The van der Waals surface area contributed by atoms with E-state index in [4.69, 9.17) is 9.47 Å². The van der Waals surface area contributed by atoms with Crippen LogP contribution in [0, 0.1) is 0 Å². The maximum Gasteiger partial charge on any atom is 0.411 e. The van der Waals surface area contributed by atoms with Crippen LogP contribution in [0.25, 0.3) is 0 Å². The Morgan fingerprint density at radius 2 is 0.794 bits per heavy atom. The lowest BCUT2D eigenvalue weighted by Crippen LogP contribution is -2.55. The van der Waals surface area contributed by atoms with Crippen LogP contribution >= 0.6 is 0 Å². The summed E-state index contributed by atoms with van der Waals surface area (Å²) in [6.07, 6.45) is -12.3. The molecule has 63 heavy (non-hydrogen) atoms. The molecule has 0 spiro atoms. The van der Waals surface area contributed by atoms with E-state index in [2.05, 4.69) is 0 Å². The van der Waals surface area contributed by atoms with Crippen LogP contribution in [-0.4, -0.2) is 49.4 Å². The summed E-state index contributed by atoms with van der Waals surface area (Å²) in [5, 5.41) is 0. The van der Waals surface area contributed by atoms with Gasteiger partial charge in [-0.2, -0.15) is 26.3 Å². The van der Waals surface area contributed by atoms with Crippen molar-refractivity contribution in [3.05, 3.63) is 178 Å². The molecule has 10 rings (SSSR count). The van der Waals surface area contributed by atoms with Gasteiger partial charge in [0.2, 0.25) is 5.41 Å². The summed E-state index contributed by atoms with van der Waals surface area (Å²) in [7, 11) is 0. The highest BCUT2D eigenvalue weighted by atomic mass is 19.4. The molecule has 4 aliphatic rings. The average molecular weight is 861 g/mol. The van der Waals surface area contributed by atoms with Crippen molar-refractivity contribution in [1.29, 1.82) is 0 Å². The number of fused-ring (bicyclic) bond motifs is 4. The molecule has 0 aromatic heterocycles. The van der Waals surface area contributed by atoms with Crippen molar-refractivity contribution in [3.63, 3.8) is 0 Å². The summed E-state index contributed by atoms with van der Waals surface area (Å²) in [4.78, 5) is 60.5. The Balaban J connectivity index is 0.991. The summed E-state index contributed by atoms with van der Waals surface area (Å²) in [5.74, 6) is -3.25. The predicted molar refractivity (Wildman–Crippen MR) is 217 cm³/mol. The van der Waals surface area contributed by atoms with E-state index in [0.29, 0.717) is 69.8 Å². The highest BCUT2D eigenvalue weighted by Crippen LogP contribution is 2.57. The van der Waals surface area contributed by atoms with Crippen LogP contribution in [0.5, 0.6) is 11.5 Å². The molecule has 0 aliphatic carbocycles. The fourth-order valence-corrected chi connectivity index (χ4v) is 8.74. The monoisotopic (exact) mass is 860 g/mol. The second-order valence-electron chi connectivity index (χ2n) is 15.4. The number of hydrogen-bond acceptors (Lipinski definition) is 8. The van der Waals surface area contributed by atoms with Crippen molar-refractivity contribution in [2.75, 3.05) is 33.1 Å². The maximum absolute atomic E-state index is 15.5. The van der Waals surface area contributed by atoms with Gasteiger partial charge in [-0.05, 0) is 96.1 Å². The minimum Gasteiger partial charge on any atom is -0.473 e. The Hall–Kier alpha value is -7.62. The summed E-state index contributed by atoms with van der Waals surface area (Å²) in [6, 6.07) is 30.8. The van der Waals surface area contributed by atoms with Crippen LogP contribution in [0.3, 0.4) is 0 Å². The first-order valence-corrected chi connectivity index (χ1v) is 19.5. The normalized spacial score (nSPS) is 16.1. The molecule has 4 amide bonds. The van der Waals surface area contributed by atoms with Gasteiger partial charge >= 0.3 is 12.4 Å². The van der Waals surface area contributed by atoms with Crippen LogP contribution in [0.1, 0.15) is 63.7 Å². The van der Waals surface area contributed by atoms with Gasteiger partial charge in [0.15, 0.2) is 13.5 Å². The molecule has 10 nitrogen and oxygen atoms in total. The number of imide groups is 2. The van der Waals surface area contributed by atoms with Gasteiger partial charge in [-0.3, -0.25) is 19.2 Å². The number of alkyl halides is 6. The van der Waals surface area contributed by atoms with Gasteiger partial charge in [0, 0.05) is 35.6 Å². The molecule has 0 N–H and O–H groups in total. The molecule has 16 heteroatoms.